The minimum absolute atomic E-state index is 0.373. The summed E-state index contributed by atoms with van der Waals surface area (Å²) in [6.07, 6.45) is 5.18. The number of hydrogen-bond acceptors (Lipinski definition) is 4. The van der Waals surface area contributed by atoms with E-state index in [9.17, 15) is 9.18 Å². The Balaban J connectivity index is 1.37. The minimum atomic E-state index is -0.473. The van der Waals surface area contributed by atoms with E-state index in [1.807, 2.05) is 29.1 Å². The first-order chi connectivity index (χ1) is 14.6. The van der Waals surface area contributed by atoms with Gasteiger partial charge in [-0.3, -0.25) is 0 Å². The van der Waals surface area contributed by atoms with Gasteiger partial charge in [0.2, 0.25) is 5.88 Å². The number of nitrogens with one attached hydrogen (secondary N) is 2. The molecule has 2 amide bonds. The van der Waals surface area contributed by atoms with Crippen LogP contribution in [0.25, 0.3) is 5.82 Å². The summed E-state index contributed by atoms with van der Waals surface area (Å²) in [4.78, 5) is 20.4. The fraction of sp³-hybridized carbons (Fsp3) is 0.0455. The van der Waals surface area contributed by atoms with Crippen LogP contribution in [-0.2, 0) is 0 Å². The fourth-order valence-corrected chi connectivity index (χ4v) is 2.71. The summed E-state index contributed by atoms with van der Waals surface area (Å²) in [7, 11) is 0. The van der Waals surface area contributed by atoms with Crippen LogP contribution in [0, 0.1) is 12.7 Å². The summed E-state index contributed by atoms with van der Waals surface area (Å²) in [6.45, 7) is 1.66. The third kappa shape index (κ3) is 4.61. The first-order valence-electron chi connectivity index (χ1n) is 9.14. The van der Waals surface area contributed by atoms with Gasteiger partial charge < -0.3 is 19.9 Å². The molecule has 30 heavy (non-hydrogen) atoms. The molecule has 2 aromatic carbocycles. The number of halogens is 1. The Morgan fingerprint density at radius 3 is 2.40 bits per heavy atom. The fourth-order valence-electron chi connectivity index (χ4n) is 2.71. The number of carbonyl (C=O) groups excluding carboxylic acids is 1. The summed E-state index contributed by atoms with van der Waals surface area (Å²) in [6, 6.07) is 16.4. The highest BCUT2D eigenvalue weighted by Gasteiger charge is 2.07. The first kappa shape index (κ1) is 19.1. The molecule has 4 aromatic rings. The quantitative estimate of drug-likeness (QED) is 0.483. The number of aryl methyl sites for hydroxylation is 1. The van der Waals surface area contributed by atoms with Gasteiger partial charge in [0.1, 0.15) is 23.7 Å². The lowest BCUT2D eigenvalue weighted by Gasteiger charge is -2.10. The van der Waals surface area contributed by atoms with Crippen molar-refractivity contribution in [3.8, 4) is 17.4 Å². The van der Waals surface area contributed by atoms with Crippen molar-refractivity contribution in [3.63, 3.8) is 0 Å². The van der Waals surface area contributed by atoms with Crippen molar-refractivity contribution in [3.05, 3.63) is 90.8 Å². The molecule has 0 radical (unpaired) electrons. The molecule has 150 valence electrons. The molecule has 0 saturated carbocycles. The highest BCUT2D eigenvalue weighted by Crippen LogP contribution is 2.22. The second-order valence-electron chi connectivity index (χ2n) is 6.47. The Morgan fingerprint density at radius 1 is 0.967 bits per heavy atom. The third-order valence-electron chi connectivity index (χ3n) is 4.26. The van der Waals surface area contributed by atoms with Crippen LogP contribution in [0.2, 0.25) is 0 Å². The summed E-state index contributed by atoms with van der Waals surface area (Å²) < 4.78 is 21.2. The van der Waals surface area contributed by atoms with Gasteiger partial charge in [0, 0.05) is 29.8 Å². The van der Waals surface area contributed by atoms with Crippen LogP contribution >= 0.6 is 0 Å². The van der Waals surface area contributed by atoms with E-state index < -0.39 is 6.03 Å². The van der Waals surface area contributed by atoms with Crippen molar-refractivity contribution in [2.75, 3.05) is 10.6 Å². The van der Waals surface area contributed by atoms with Crippen molar-refractivity contribution < 1.29 is 13.9 Å². The summed E-state index contributed by atoms with van der Waals surface area (Å²) in [5.74, 6) is 1.26. The van der Waals surface area contributed by atoms with Gasteiger partial charge in [0.05, 0.1) is 0 Å². The Labute approximate surface area is 172 Å². The molecule has 8 heteroatoms. The minimum Gasteiger partial charge on any atom is -0.439 e. The number of ether oxygens (including phenoxy) is 1. The van der Waals surface area contributed by atoms with Gasteiger partial charge in [-0.1, -0.05) is 6.07 Å². The molecule has 4 rings (SSSR count). The van der Waals surface area contributed by atoms with Crippen molar-refractivity contribution in [1.29, 1.82) is 0 Å². The zero-order valence-electron chi connectivity index (χ0n) is 16.0. The highest BCUT2D eigenvalue weighted by molar-refractivity contribution is 5.99. The molecule has 0 aliphatic carbocycles. The molecule has 0 fully saturated rings. The number of nitrogens with zero attached hydrogens (tertiary/aromatic N) is 3. The van der Waals surface area contributed by atoms with E-state index in [4.69, 9.17) is 4.74 Å². The molecule has 0 atom stereocenters. The van der Waals surface area contributed by atoms with Crippen molar-refractivity contribution in [1.82, 2.24) is 14.5 Å². The maximum Gasteiger partial charge on any atom is 0.323 e. The van der Waals surface area contributed by atoms with Gasteiger partial charge in [-0.2, -0.15) is 0 Å². The molecule has 0 saturated heterocycles. The molecule has 2 aromatic heterocycles. The van der Waals surface area contributed by atoms with Crippen LogP contribution in [0.1, 0.15) is 5.56 Å². The van der Waals surface area contributed by atoms with E-state index in [-0.39, 0.29) is 5.82 Å². The normalized spacial score (nSPS) is 10.5. The van der Waals surface area contributed by atoms with E-state index in [1.54, 1.807) is 49.4 Å². The molecule has 0 aliphatic heterocycles. The number of carbonyl (C=O) groups is 1. The van der Waals surface area contributed by atoms with Gasteiger partial charge in [0.15, 0.2) is 0 Å². The summed E-state index contributed by atoms with van der Waals surface area (Å²) >= 11 is 0. The predicted octanol–water partition coefficient (Wildman–Crippen LogP) is 5.15. The van der Waals surface area contributed by atoms with Crippen LogP contribution < -0.4 is 15.4 Å². The molecule has 0 aliphatic rings. The molecule has 7 nitrogen and oxygen atoms in total. The summed E-state index contributed by atoms with van der Waals surface area (Å²) in [5, 5.41) is 5.28. The topological polar surface area (TPSA) is 81.1 Å². The van der Waals surface area contributed by atoms with Crippen LogP contribution in [0.4, 0.5) is 20.6 Å². The largest absolute Gasteiger partial charge is 0.439 e. The molecule has 2 heterocycles. The monoisotopic (exact) mass is 403 g/mol. The smallest absolute Gasteiger partial charge is 0.323 e. The molecule has 0 spiro atoms. The van der Waals surface area contributed by atoms with Gasteiger partial charge in [0.25, 0.3) is 0 Å². The molecule has 0 bridgehead atoms. The predicted molar refractivity (Wildman–Crippen MR) is 112 cm³/mol. The number of aromatic nitrogens is 3. The zero-order chi connectivity index (χ0) is 20.9. The Bertz CT molecular complexity index is 1160. The second kappa shape index (κ2) is 8.44. The number of amides is 2. The SMILES string of the molecule is Cc1ccc(NC(=O)Nc2ccc(Oc3cc(-n4cccc4)ncn3)cc2)cc1F. The number of rotatable bonds is 5. The number of hydrogen-bond donors (Lipinski definition) is 2. The lowest BCUT2D eigenvalue weighted by atomic mass is 10.2. The lowest BCUT2D eigenvalue weighted by molar-refractivity contribution is 0.262. The van der Waals surface area contributed by atoms with Gasteiger partial charge in [-0.25, -0.2) is 19.2 Å². The molecule has 0 unspecified atom stereocenters. The van der Waals surface area contributed by atoms with E-state index in [0.29, 0.717) is 34.4 Å². The number of anilines is 2. The van der Waals surface area contributed by atoms with Gasteiger partial charge >= 0.3 is 6.03 Å². The van der Waals surface area contributed by atoms with Crippen LogP contribution in [0.5, 0.6) is 11.6 Å². The molecular weight excluding hydrogens is 385 g/mol. The van der Waals surface area contributed by atoms with Crippen LogP contribution in [-0.4, -0.2) is 20.6 Å². The van der Waals surface area contributed by atoms with E-state index in [2.05, 4.69) is 20.6 Å². The Morgan fingerprint density at radius 2 is 1.67 bits per heavy atom. The van der Waals surface area contributed by atoms with Crippen molar-refractivity contribution >= 4 is 17.4 Å². The van der Waals surface area contributed by atoms with Crippen molar-refractivity contribution in [2.24, 2.45) is 0 Å². The second-order valence-corrected chi connectivity index (χ2v) is 6.47. The standard InChI is InChI=1S/C22H18FN5O2/c1-15-4-5-17(12-19(15)23)27-22(29)26-16-6-8-18(9-7-16)30-21-13-20(24-14-25-21)28-10-2-3-11-28/h2-14H,1H3,(H2,26,27,29). The van der Waals surface area contributed by atoms with Crippen molar-refractivity contribution in [2.45, 2.75) is 6.92 Å². The summed E-state index contributed by atoms with van der Waals surface area (Å²) in [5.41, 5.74) is 1.45. The maximum atomic E-state index is 13.6. The number of benzene rings is 2. The average Bonchev–Trinajstić information content (AvgIpc) is 3.27. The highest BCUT2D eigenvalue weighted by atomic mass is 19.1. The lowest BCUT2D eigenvalue weighted by Crippen LogP contribution is -2.19. The van der Waals surface area contributed by atoms with Crippen LogP contribution in [0.3, 0.4) is 0 Å². The molecule has 2 N–H and O–H groups in total. The molecular formula is C22H18FN5O2. The van der Waals surface area contributed by atoms with E-state index in [1.165, 1.54) is 12.4 Å². The van der Waals surface area contributed by atoms with E-state index >= 15 is 0 Å². The maximum absolute atomic E-state index is 13.6. The first-order valence-corrected chi connectivity index (χ1v) is 9.14. The van der Waals surface area contributed by atoms with Gasteiger partial charge in [-0.05, 0) is 61.0 Å². The Kier molecular flexibility index (Phi) is 5.38. The average molecular weight is 403 g/mol. The van der Waals surface area contributed by atoms with Gasteiger partial charge in [-0.15, -0.1) is 0 Å². The number of urea groups is 1. The zero-order valence-corrected chi connectivity index (χ0v) is 16.0. The van der Waals surface area contributed by atoms with E-state index in [0.717, 1.165) is 0 Å². The third-order valence-corrected chi connectivity index (χ3v) is 4.26. The van der Waals surface area contributed by atoms with Crippen LogP contribution in [0.15, 0.2) is 79.4 Å². The Hall–Kier alpha value is -4.20.